The Kier molecular flexibility index (Phi) is 5.93. The summed E-state index contributed by atoms with van der Waals surface area (Å²) in [6, 6.07) is 11.2. The highest BCUT2D eigenvalue weighted by molar-refractivity contribution is 6.52. The molecule has 33 heavy (non-hydrogen) atoms. The van der Waals surface area contributed by atoms with Crippen molar-refractivity contribution in [3.8, 4) is 17.2 Å². The number of anilines is 1. The molecule has 0 bridgehead atoms. The van der Waals surface area contributed by atoms with Gasteiger partial charge in [-0.3, -0.25) is 19.5 Å². The van der Waals surface area contributed by atoms with Gasteiger partial charge >= 0.3 is 0 Å². The number of methoxy groups -OCH3 is 2. The molecule has 1 aromatic heterocycles. The smallest absolute Gasteiger partial charge is 0.300 e. The molecule has 0 spiro atoms. The third-order valence-corrected chi connectivity index (χ3v) is 5.56. The number of aliphatic hydroxyl groups is 1. The van der Waals surface area contributed by atoms with Gasteiger partial charge in [0, 0.05) is 17.4 Å². The number of aliphatic hydroxyl groups excluding tert-OH is 1. The van der Waals surface area contributed by atoms with Crippen molar-refractivity contribution in [2.24, 2.45) is 0 Å². The average Bonchev–Trinajstić information content (AvgIpc) is 3.10. The Morgan fingerprint density at radius 3 is 2.27 bits per heavy atom. The van der Waals surface area contributed by atoms with E-state index < -0.39 is 23.5 Å². The van der Waals surface area contributed by atoms with Gasteiger partial charge in [0.05, 0.1) is 31.5 Å². The lowest BCUT2D eigenvalue weighted by Gasteiger charge is -2.26. The van der Waals surface area contributed by atoms with Crippen molar-refractivity contribution in [1.82, 2.24) is 4.98 Å². The standard InChI is InChI=1S/C24H19ClN2O6/c1-32-17-4-3-5-18(33-2)19(17)22(29)20-21(13-8-10-26-11-9-13)27(24(31)23(20)30)15-12-14(25)6-7-16(15)28/h3-12,21,28-29H,1-2H3/b22-20+. The van der Waals surface area contributed by atoms with E-state index in [0.717, 1.165) is 4.90 Å². The van der Waals surface area contributed by atoms with Gasteiger partial charge in [-0.2, -0.15) is 0 Å². The molecule has 8 nitrogen and oxygen atoms in total. The van der Waals surface area contributed by atoms with Crippen LogP contribution in [0.15, 0.2) is 66.5 Å². The number of hydrogen-bond donors (Lipinski definition) is 2. The van der Waals surface area contributed by atoms with E-state index in [1.54, 1.807) is 30.3 Å². The molecule has 1 unspecified atom stereocenters. The van der Waals surface area contributed by atoms with E-state index >= 15 is 0 Å². The molecule has 2 N–H and O–H groups in total. The average molecular weight is 467 g/mol. The second kappa shape index (κ2) is 8.84. The van der Waals surface area contributed by atoms with Crippen LogP contribution in [0.25, 0.3) is 5.76 Å². The van der Waals surface area contributed by atoms with Gasteiger partial charge in [0.25, 0.3) is 11.7 Å². The molecular weight excluding hydrogens is 448 g/mol. The zero-order chi connectivity index (χ0) is 23.7. The molecule has 1 aliphatic heterocycles. The zero-order valence-electron chi connectivity index (χ0n) is 17.7. The number of ketones is 1. The second-order valence-electron chi connectivity index (χ2n) is 7.12. The van der Waals surface area contributed by atoms with Crippen molar-refractivity contribution < 1.29 is 29.3 Å². The third-order valence-electron chi connectivity index (χ3n) is 5.33. The van der Waals surface area contributed by atoms with Crippen LogP contribution in [0, 0.1) is 0 Å². The first-order chi connectivity index (χ1) is 15.9. The number of Topliss-reactive ketones (excluding diaryl/α,β-unsaturated/α-hetero) is 1. The van der Waals surface area contributed by atoms with Gasteiger partial charge in [-0.15, -0.1) is 0 Å². The Labute approximate surface area is 194 Å². The number of aromatic hydroxyl groups is 1. The number of pyridine rings is 1. The molecule has 0 radical (unpaired) electrons. The summed E-state index contributed by atoms with van der Waals surface area (Å²) in [5, 5.41) is 22.1. The van der Waals surface area contributed by atoms with Crippen LogP contribution in [-0.2, 0) is 9.59 Å². The summed E-state index contributed by atoms with van der Waals surface area (Å²) in [7, 11) is 2.82. The Bertz CT molecular complexity index is 1250. The highest BCUT2D eigenvalue weighted by atomic mass is 35.5. The largest absolute Gasteiger partial charge is 0.506 e. The minimum atomic E-state index is -1.08. The number of hydrogen-bond acceptors (Lipinski definition) is 7. The number of nitrogens with zero attached hydrogens (tertiary/aromatic N) is 2. The van der Waals surface area contributed by atoms with Gasteiger partial charge in [0.15, 0.2) is 0 Å². The number of phenols is 1. The maximum atomic E-state index is 13.3. The number of benzene rings is 2. The molecule has 1 atom stereocenters. The molecule has 3 aromatic rings. The second-order valence-corrected chi connectivity index (χ2v) is 7.56. The van der Waals surface area contributed by atoms with Crippen LogP contribution in [0.3, 0.4) is 0 Å². The quantitative estimate of drug-likeness (QED) is 0.331. The summed E-state index contributed by atoms with van der Waals surface area (Å²) < 4.78 is 10.7. The van der Waals surface area contributed by atoms with Crippen LogP contribution in [0.2, 0.25) is 5.02 Å². The van der Waals surface area contributed by atoms with E-state index in [1.165, 1.54) is 44.8 Å². The van der Waals surface area contributed by atoms with Crippen molar-refractivity contribution in [3.05, 3.63) is 82.6 Å². The van der Waals surface area contributed by atoms with E-state index in [9.17, 15) is 19.8 Å². The lowest BCUT2D eigenvalue weighted by atomic mass is 9.95. The minimum absolute atomic E-state index is 0.0254. The molecule has 2 aromatic carbocycles. The number of phenolic OH excluding ortho intramolecular Hbond substituents is 1. The fourth-order valence-electron chi connectivity index (χ4n) is 3.85. The molecule has 1 saturated heterocycles. The lowest BCUT2D eigenvalue weighted by molar-refractivity contribution is -0.132. The topological polar surface area (TPSA) is 109 Å². The lowest BCUT2D eigenvalue weighted by Crippen LogP contribution is -2.29. The number of aromatic nitrogens is 1. The van der Waals surface area contributed by atoms with E-state index in [0.29, 0.717) is 5.56 Å². The van der Waals surface area contributed by atoms with Crippen LogP contribution in [0.4, 0.5) is 5.69 Å². The number of carbonyl (C=O) groups is 2. The van der Waals surface area contributed by atoms with E-state index in [-0.39, 0.29) is 39.1 Å². The minimum Gasteiger partial charge on any atom is -0.506 e. The molecule has 4 rings (SSSR count). The van der Waals surface area contributed by atoms with Crippen molar-refractivity contribution in [1.29, 1.82) is 0 Å². The Morgan fingerprint density at radius 2 is 1.67 bits per heavy atom. The number of halogens is 1. The van der Waals surface area contributed by atoms with Gasteiger partial charge < -0.3 is 19.7 Å². The van der Waals surface area contributed by atoms with E-state index in [2.05, 4.69) is 4.98 Å². The van der Waals surface area contributed by atoms with Crippen molar-refractivity contribution in [2.45, 2.75) is 6.04 Å². The first-order valence-corrected chi connectivity index (χ1v) is 10.2. The van der Waals surface area contributed by atoms with Crippen LogP contribution >= 0.6 is 11.6 Å². The predicted molar refractivity (Wildman–Crippen MR) is 122 cm³/mol. The van der Waals surface area contributed by atoms with Crippen molar-refractivity contribution >= 4 is 34.7 Å². The summed E-state index contributed by atoms with van der Waals surface area (Å²) in [4.78, 5) is 31.6. The van der Waals surface area contributed by atoms with E-state index in [4.69, 9.17) is 21.1 Å². The number of amides is 1. The van der Waals surface area contributed by atoms with Crippen LogP contribution in [0.5, 0.6) is 17.2 Å². The zero-order valence-corrected chi connectivity index (χ0v) is 18.4. The van der Waals surface area contributed by atoms with Gasteiger partial charge in [-0.1, -0.05) is 17.7 Å². The molecule has 0 saturated carbocycles. The van der Waals surface area contributed by atoms with E-state index in [1.807, 2.05) is 0 Å². The van der Waals surface area contributed by atoms with Crippen LogP contribution in [-0.4, -0.2) is 41.1 Å². The summed E-state index contributed by atoms with van der Waals surface area (Å²) in [5.74, 6) is -2.12. The molecule has 9 heteroatoms. The molecule has 168 valence electrons. The van der Waals surface area contributed by atoms with Gasteiger partial charge in [0.1, 0.15) is 28.6 Å². The maximum absolute atomic E-state index is 13.3. The fraction of sp³-hybridized carbons (Fsp3) is 0.125. The SMILES string of the molecule is COc1cccc(OC)c1/C(O)=C1\C(=O)C(=O)N(c2cc(Cl)ccc2O)C1c1ccncc1. The van der Waals surface area contributed by atoms with Crippen molar-refractivity contribution in [2.75, 3.05) is 19.1 Å². The molecule has 1 fully saturated rings. The van der Waals surface area contributed by atoms with Crippen LogP contribution < -0.4 is 14.4 Å². The third kappa shape index (κ3) is 3.74. The summed E-state index contributed by atoms with van der Waals surface area (Å²) in [6.07, 6.45) is 2.99. The Hall–Kier alpha value is -4.04. The molecule has 2 heterocycles. The highest BCUT2D eigenvalue weighted by Crippen LogP contribution is 2.47. The molecule has 1 amide bonds. The summed E-state index contributed by atoms with van der Waals surface area (Å²) >= 11 is 6.11. The number of ether oxygens (including phenoxy) is 2. The number of carbonyl (C=O) groups excluding carboxylic acids is 2. The van der Waals surface area contributed by atoms with Gasteiger partial charge in [0.2, 0.25) is 0 Å². The highest BCUT2D eigenvalue weighted by Gasteiger charge is 2.48. The summed E-state index contributed by atoms with van der Waals surface area (Å²) in [5.41, 5.74) is 0.430. The normalized spacial score (nSPS) is 17.3. The monoisotopic (exact) mass is 466 g/mol. The predicted octanol–water partition coefficient (Wildman–Crippen LogP) is 4.08. The first kappa shape index (κ1) is 22.2. The maximum Gasteiger partial charge on any atom is 0.300 e. The first-order valence-electron chi connectivity index (χ1n) is 9.79. The van der Waals surface area contributed by atoms with Gasteiger partial charge in [-0.25, -0.2) is 0 Å². The van der Waals surface area contributed by atoms with Gasteiger partial charge in [-0.05, 0) is 48.0 Å². The summed E-state index contributed by atoms with van der Waals surface area (Å²) in [6.45, 7) is 0. The fourth-order valence-corrected chi connectivity index (χ4v) is 4.02. The molecular formula is C24H19ClN2O6. The Morgan fingerprint density at radius 1 is 1.03 bits per heavy atom. The number of rotatable bonds is 5. The Balaban J connectivity index is 2.03. The molecule has 1 aliphatic rings. The van der Waals surface area contributed by atoms with Crippen LogP contribution in [0.1, 0.15) is 17.2 Å². The molecule has 0 aliphatic carbocycles. The van der Waals surface area contributed by atoms with Crippen molar-refractivity contribution in [3.63, 3.8) is 0 Å².